The second-order valence-corrected chi connectivity index (χ2v) is 9.15. The topological polar surface area (TPSA) is 51.2 Å². The number of aromatic nitrogens is 1. The smallest absolute Gasteiger partial charge is 0.413 e. The van der Waals surface area contributed by atoms with Crippen LogP contribution in [-0.2, 0) is 4.74 Å². The van der Waals surface area contributed by atoms with Crippen molar-refractivity contribution in [2.24, 2.45) is 0 Å². The van der Waals surface area contributed by atoms with Crippen molar-refractivity contribution < 1.29 is 31.0 Å². The average molecular weight is 493 g/mol. The Morgan fingerprint density at radius 1 is 1.19 bits per heavy atom. The van der Waals surface area contributed by atoms with Gasteiger partial charge in [0.05, 0.1) is 37.1 Å². The molecule has 0 atom stereocenters. The molecule has 5 rings (SSSR count). The molecule has 1 N–H and O–H groups in total. The van der Waals surface area contributed by atoms with Gasteiger partial charge in [0.2, 0.25) is 0 Å². The van der Waals surface area contributed by atoms with Gasteiger partial charge in [0.25, 0.3) is 0 Å². The van der Waals surface area contributed by atoms with E-state index in [0.29, 0.717) is 15.9 Å². The van der Waals surface area contributed by atoms with E-state index in [1.165, 1.54) is 11.3 Å². The van der Waals surface area contributed by atoms with Crippen LogP contribution in [0.15, 0.2) is 23.7 Å². The van der Waals surface area contributed by atoms with Gasteiger partial charge >= 0.3 is 6.09 Å². The second-order valence-electron chi connectivity index (χ2n) is 7.43. The van der Waals surface area contributed by atoms with E-state index in [1.54, 1.807) is 23.7 Å². The third kappa shape index (κ3) is 4.43. The van der Waals surface area contributed by atoms with Gasteiger partial charge in [-0.25, -0.2) is 9.78 Å². The fourth-order valence-electron chi connectivity index (χ4n) is 3.83. The Kier molecular flexibility index (Phi) is 6.08. The first-order valence-electron chi connectivity index (χ1n) is 8.60. The molecule has 3 aliphatic heterocycles. The molecule has 4 heterocycles. The third-order valence-corrected chi connectivity index (χ3v) is 6.86. The number of quaternary nitrogens is 1. The first kappa shape index (κ1) is 20.9. The maximum Gasteiger partial charge on any atom is 0.413 e. The highest BCUT2D eigenvalue weighted by molar-refractivity contribution is 7.13. The SMILES string of the molecule is C[N+]12CCC(OC(=O)Nc3ncsc3-c3cc(Cl)cc(Cl)c3)(CC1)CC2.[Br-]. The molecule has 5 nitrogen and oxygen atoms in total. The van der Waals surface area contributed by atoms with E-state index in [-0.39, 0.29) is 22.6 Å². The number of ether oxygens (including phenoxy) is 1. The molecule has 3 fully saturated rings. The van der Waals surface area contributed by atoms with Crippen molar-refractivity contribution in [3.63, 3.8) is 0 Å². The molecule has 2 aromatic rings. The molecule has 1 amide bonds. The molecule has 3 aliphatic rings. The van der Waals surface area contributed by atoms with Crippen molar-refractivity contribution >= 4 is 46.4 Å². The van der Waals surface area contributed by atoms with Crippen molar-refractivity contribution in [2.75, 3.05) is 32.0 Å². The Morgan fingerprint density at radius 3 is 2.37 bits per heavy atom. The summed E-state index contributed by atoms with van der Waals surface area (Å²) in [7, 11) is 2.28. The van der Waals surface area contributed by atoms with Gasteiger partial charge in [0.1, 0.15) is 5.60 Å². The van der Waals surface area contributed by atoms with Gasteiger partial charge in [-0.1, -0.05) is 23.2 Å². The molecule has 3 saturated heterocycles. The van der Waals surface area contributed by atoms with Crippen LogP contribution in [0.3, 0.4) is 0 Å². The number of piperidine rings is 3. The number of nitrogens with zero attached hydrogens (tertiary/aromatic N) is 2. The largest absolute Gasteiger partial charge is 1.00 e. The van der Waals surface area contributed by atoms with Crippen LogP contribution >= 0.6 is 34.5 Å². The zero-order valence-electron chi connectivity index (χ0n) is 14.8. The summed E-state index contributed by atoms with van der Waals surface area (Å²) in [6.45, 7) is 3.20. The summed E-state index contributed by atoms with van der Waals surface area (Å²) in [5, 5.41) is 3.89. The predicted octanol–water partition coefficient (Wildman–Crippen LogP) is 2.05. The molecule has 0 unspecified atom stereocenters. The quantitative estimate of drug-likeness (QED) is 0.667. The van der Waals surface area contributed by atoms with Gasteiger partial charge in [-0.2, -0.15) is 0 Å². The van der Waals surface area contributed by atoms with E-state index in [9.17, 15) is 4.79 Å². The van der Waals surface area contributed by atoms with E-state index in [0.717, 1.165) is 53.8 Å². The predicted molar refractivity (Wildman–Crippen MR) is 105 cm³/mol. The molecule has 0 saturated carbocycles. The monoisotopic (exact) mass is 491 g/mol. The summed E-state index contributed by atoms with van der Waals surface area (Å²) in [4.78, 5) is 17.6. The Bertz CT molecular complexity index is 816. The number of carbonyl (C=O) groups is 1. The number of fused-ring (bicyclic) bond motifs is 3. The van der Waals surface area contributed by atoms with Gasteiger partial charge in [0, 0.05) is 29.3 Å². The van der Waals surface area contributed by atoms with Gasteiger partial charge in [-0.05, 0) is 23.8 Å². The van der Waals surface area contributed by atoms with Gasteiger partial charge in [0.15, 0.2) is 5.82 Å². The number of amides is 1. The highest BCUT2D eigenvalue weighted by atomic mass is 79.9. The number of anilines is 1. The van der Waals surface area contributed by atoms with Crippen molar-refractivity contribution in [1.29, 1.82) is 0 Å². The molecule has 0 aliphatic carbocycles. The van der Waals surface area contributed by atoms with Crippen molar-refractivity contribution in [2.45, 2.75) is 24.9 Å². The zero-order chi connectivity index (χ0) is 18.4. The molecule has 9 heteroatoms. The normalized spacial score (nSPS) is 26.3. The van der Waals surface area contributed by atoms with Crippen LogP contribution in [0.4, 0.5) is 10.6 Å². The van der Waals surface area contributed by atoms with Crippen LogP contribution in [0, 0.1) is 0 Å². The molecular weight excluding hydrogens is 473 g/mol. The zero-order valence-corrected chi connectivity index (χ0v) is 18.7. The number of hydrogen-bond acceptors (Lipinski definition) is 4. The Hall–Kier alpha value is -0.860. The van der Waals surface area contributed by atoms with E-state index in [1.807, 2.05) is 0 Å². The van der Waals surface area contributed by atoms with E-state index in [2.05, 4.69) is 17.3 Å². The number of thiazole rings is 1. The molecule has 146 valence electrons. The lowest BCUT2D eigenvalue weighted by Crippen LogP contribution is -3.00. The number of carbonyl (C=O) groups excluding carboxylic acids is 1. The third-order valence-electron chi connectivity index (χ3n) is 5.54. The minimum Gasteiger partial charge on any atom is -1.00 e. The number of rotatable bonds is 3. The minimum absolute atomic E-state index is 0. The highest BCUT2D eigenvalue weighted by Crippen LogP contribution is 2.39. The maximum absolute atomic E-state index is 12.5. The van der Waals surface area contributed by atoms with Crippen LogP contribution in [0.2, 0.25) is 10.0 Å². The minimum atomic E-state index is -0.441. The first-order chi connectivity index (χ1) is 12.4. The van der Waals surface area contributed by atoms with E-state index in [4.69, 9.17) is 27.9 Å². The first-order valence-corrected chi connectivity index (χ1v) is 10.2. The van der Waals surface area contributed by atoms with Gasteiger partial charge < -0.3 is 26.2 Å². The van der Waals surface area contributed by atoms with Crippen molar-refractivity contribution in [3.8, 4) is 10.4 Å². The fraction of sp³-hybridized carbons (Fsp3) is 0.444. The summed E-state index contributed by atoms with van der Waals surface area (Å²) in [5.74, 6) is 0.474. The Balaban J connectivity index is 0.00000210. The van der Waals surface area contributed by atoms with Crippen molar-refractivity contribution in [1.82, 2.24) is 4.98 Å². The molecule has 1 aromatic carbocycles. The number of hydrogen-bond donors (Lipinski definition) is 1. The number of halogens is 3. The summed E-state index contributed by atoms with van der Waals surface area (Å²) in [5.41, 5.74) is 2.18. The van der Waals surface area contributed by atoms with Crippen LogP contribution in [0.5, 0.6) is 0 Å². The Morgan fingerprint density at radius 2 is 1.78 bits per heavy atom. The standard InChI is InChI=1S/C18H19Cl2N3O2S.BrH/c1-23-5-2-18(3-6-23,4-7-23)25-17(24)22-16-15(26-11-21-16)12-8-13(19)10-14(20)9-12;/h8-11H,2-7H2,1H3;1H. The second kappa shape index (κ2) is 7.87. The maximum atomic E-state index is 12.5. The van der Waals surface area contributed by atoms with E-state index >= 15 is 0 Å². The summed E-state index contributed by atoms with van der Waals surface area (Å²) >= 11 is 13.6. The van der Waals surface area contributed by atoms with Crippen LogP contribution in [0.1, 0.15) is 19.3 Å². The van der Waals surface area contributed by atoms with Crippen LogP contribution in [0.25, 0.3) is 10.4 Å². The number of benzene rings is 1. The molecular formula is C18H20BrCl2N3O2S. The molecule has 0 radical (unpaired) electrons. The summed E-state index contributed by atoms with van der Waals surface area (Å²) < 4.78 is 6.97. The van der Waals surface area contributed by atoms with Crippen LogP contribution in [-0.4, -0.2) is 47.8 Å². The molecule has 1 aromatic heterocycles. The molecule has 27 heavy (non-hydrogen) atoms. The van der Waals surface area contributed by atoms with Crippen LogP contribution < -0.4 is 22.3 Å². The highest BCUT2D eigenvalue weighted by Gasteiger charge is 2.49. The fourth-order valence-corrected chi connectivity index (χ4v) is 5.09. The number of nitrogens with one attached hydrogen (secondary N) is 1. The van der Waals surface area contributed by atoms with Gasteiger partial charge in [-0.15, -0.1) is 11.3 Å². The lowest BCUT2D eigenvalue weighted by atomic mass is 9.81. The Labute approximate surface area is 183 Å². The average Bonchev–Trinajstić information content (AvgIpc) is 3.03. The summed E-state index contributed by atoms with van der Waals surface area (Å²) in [6, 6.07) is 5.28. The van der Waals surface area contributed by atoms with Crippen molar-refractivity contribution in [3.05, 3.63) is 33.8 Å². The lowest BCUT2D eigenvalue weighted by Gasteiger charge is -2.51. The van der Waals surface area contributed by atoms with Gasteiger partial charge in [-0.3, -0.25) is 5.32 Å². The lowest BCUT2D eigenvalue weighted by molar-refractivity contribution is -0.926. The van der Waals surface area contributed by atoms with E-state index < -0.39 is 6.09 Å². The molecule has 2 bridgehead atoms. The summed E-state index contributed by atoms with van der Waals surface area (Å²) in [6.07, 6.45) is 2.32. The molecule has 0 spiro atoms.